The Morgan fingerprint density at radius 3 is 2.24 bits per heavy atom. The molecule has 0 spiro atoms. The van der Waals surface area contributed by atoms with Gasteiger partial charge in [0.1, 0.15) is 24.5 Å². The highest BCUT2D eigenvalue weighted by Gasteiger charge is 2.33. The van der Waals surface area contributed by atoms with Crippen molar-refractivity contribution in [2.75, 3.05) is 44.4 Å². The fourth-order valence-corrected chi connectivity index (χ4v) is 6.64. The lowest BCUT2D eigenvalue weighted by molar-refractivity contribution is -0.157. The van der Waals surface area contributed by atoms with Gasteiger partial charge in [0, 0.05) is 50.3 Å². The van der Waals surface area contributed by atoms with E-state index in [4.69, 9.17) is 14.2 Å². The molecule has 2 N–H and O–H groups in total. The highest BCUT2D eigenvalue weighted by Crippen LogP contribution is 2.44. The number of esters is 1. The Kier molecular flexibility index (Phi) is 9.12. The van der Waals surface area contributed by atoms with Crippen molar-refractivity contribution < 1.29 is 28.9 Å². The van der Waals surface area contributed by atoms with Crippen molar-refractivity contribution in [2.24, 2.45) is 0 Å². The Labute approximate surface area is 265 Å². The topological polar surface area (TPSA) is 101 Å². The SMILES string of the molecule is CC(C)(C)OC(=O)[C@H](Cc1ccc(N2CCN([C@H]3CCOC3)C[C@@H]2O)cc1)NC(=O)OCC1c2ccccc2-c2ccccc21. The van der Waals surface area contributed by atoms with E-state index in [1.54, 1.807) is 20.8 Å². The molecule has 9 heteroatoms. The number of benzene rings is 3. The lowest BCUT2D eigenvalue weighted by atomic mass is 9.98. The minimum absolute atomic E-state index is 0.0839. The fraction of sp³-hybridized carbons (Fsp3) is 0.444. The molecule has 6 rings (SSSR count). The molecule has 3 aromatic rings. The standard InChI is InChI=1S/C36H43N3O6/c1-36(2,3)45-34(41)32(37-35(42)44-23-31-29-10-6-4-8-27(29)28-9-5-7-11-30(28)31)20-24-12-14-25(15-13-24)39-18-17-38(21-33(39)40)26-16-19-43-22-26/h4-15,26,31-33,40H,16-23H2,1-3H3,(H,37,42)/t26-,32-,33-/m0/s1. The molecule has 3 aromatic carbocycles. The van der Waals surface area contributed by atoms with Crippen molar-refractivity contribution in [3.05, 3.63) is 89.5 Å². The van der Waals surface area contributed by atoms with Crippen LogP contribution in [0.1, 0.15) is 49.8 Å². The van der Waals surface area contributed by atoms with Gasteiger partial charge in [0.2, 0.25) is 0 Å². The third kappa shape index (κ3) is 7.16. The Morgan fingerprint density at radius 2 is 1.64 bits per heavy atom. The average molecular weight is 614 g/mol. The molecule has 3 aliphatic rings. The van der Waals surface area contributed by atoms with Crippen LogP contribution in [0, 0.1) is 0 Å². The molecule has 238 valence electrons. The predicted molar refractivity (Wildman–Crippen MR) is 172 cm³/mol. The molecule has 0 aromatic heterocycles. The maximum absolute atomic E-state index is 13.2. The summed E-state index contributed by atoms with van der Waals surface area (Å²) in [5.74, 6) is -0.609. The van der Waals surface area contributed by atoms with Crippen LogP contribution in [0.4, 0.5) is 10.5 Å². The van der Waals surface area contributed by atoms with Gasteiger partial charge in [-0.15, -0.1) is 0 Å². The zero-order valence-corrected chi connectivity index (χ0v) is 26.3. The molecule has 1 amide bonds. The van der Waals surface area contributed by atoms with E-state index < -0.39 is 29.9 Å². The van der Waals surface area contributed by atoms with Gasteiger partial charge in [0.25, 0.3) is 0 Å². The molecule has 0 bridgehead atoms. The average Bonchev–Trinajstić information content (AvgIpc) is 3.67. The van der Waals surface area contributed by atoms with Crippen LogP contribution < -0.4 is 10.2 Å². The zero-order chi connectivity index (χ0) is 31.6. The Bertz CT molecular complexity index is 1450. The van der Waals surface area contributed by atoms with Gasteiger partial charge < -0.3 is 29.5 Å². The lowest BCUT2D eigenvalue weighted by Crippen LogP contribution is -2.56. The molecule has 2 aliphatic heterocycles. The minimum atomic E-state index is -0.937. The van der Waals surface area contributed by atoms with Gasteiger partial charge in [-0.2, -0.15) is 0 Å². The second-order valence-corrected chi connectivity index (χ2v) is 13.1. The summed E-state index contributed by atoms with van der Waals surface area (Å²) >= 11 is 0. The van der Waals surface area contributed by atoms with Crippen LogP contribution in [0.15, 0.2) is 72.8 Å². The summed E-state index contributed by atoms with van der Waals surface area (Å²) < 4.78 is 16.9. The largest absolute Gasteiger partial charge is 0.458 e. The van der Waals surface area contributed by atoms with Crippen LogP contribution in [0.25, 0.3) is 11.1 Å². The first-order chi connectivity index (χ1) is 21.7. The number of aliphatic hydroxyl groups excluding tert-OH is 1. The van der Waals surface area contributed by atoms with Gasteiger partial charge in [-0.1, -0.05) is 60.7 Å². The third-order valence-corrected chi connectivity index (χ3v) is 8.84. The van der Waals surface area contributed by atoms with Gasteiger partial charge in [-0.3, -0.25) is 4.90 Å². The molecule has 9 nitrogen and oxygen atoms in total. The van der Waals surface area contributed by atoms with Crippen molar-refractivity contribution in [2.45, 2.75) is 63.4 Å². The van der Waals surface area contributed by atoms with E-state index in [1.807, 2.05) is 53.4 Å². The molecule has 3 atom stereocenters. The van der Waals surface area contributed by atoms with Gasteiger partial charge in [0.05, 0.1) is 6.61 Å². The molecule has 45 heavy (non-hydrogen) atoms. The first-order valence-corrected chi connectivity index (χ1v) is 15.9. The summed E-state index contributed by atoms with van der Waals surface area (Å²) in [7, 11) is 0. The van der Waals surface area contributed by atoms with Crippen molar-refractivity contribution >= 4 is 17.7 Å². The Morgan fingerprint density at radius 1 is 0.978 bits per heavy atom. The number of rotatable bonds is 8. The van der Waals surface area contributed by atoms with Crippen molar-refractivity contribution in [1.82, 2.24) is 10.2 Å². The van der Waals surface area contributed by atoms with E-state index in [0.29, 0.717) is 19.1 Å². The van der Waals surface area contributed by atoms with E-state index in [9.17, 15) is 14.7 Å². The van der Waals surface area contributed by atoms with Gasteiger partial charge in [0.15, 0.2) is 0 Å². The van der Waals surface area contributed by atoms with E-state index >= 15 is 0 Å². The lowest BCUT2D eigenvalue weighted by Gasteiger charge is -2.42. The molecule has 2 saturated heterocycles. The number of fused-ring (bicyclic) bond motifs is 3. The molecular weight excluding hydrogens is 570 g/mol. The number of piperazine rings is 1. The first-order valence-electron chi connectivity index (χ1n) is 15.9. The van der Waals surface area contributed by atoms with E-state index in [2.05, 4.69) is 34.5 Å². The number of carbonyl (C=O) groups excluding carboxylic acids is 2. The maximum atomic E-state index is 13.2. The number of alkyl carbamates (subject to hydrolysis) is 1. The molecular formula is C36H43N3O6. The fourth-order valence-electron chi connectivity index (χ4n) is 6.64. The van der Waals surface area contributed by atoms with Crippen molar-refractivity contribution in [3.8, 4) is 11.1 Å². The summed E-state index contributed by atoms with van der Waals surface area (Å²) in [4.78, 5) is 30.7. The number of aliphatic hydroxyl groups is 1. The minimum Gasteiger partial charge on any atom is -0.458 e. The number of amides is 1. The molecule has 2 fully saturated rings. The van der Waals surface area contributed by atoms with Crippen LogP contribution in [-0.2, 0) is 25.4 Å². The normalized spacial score (nSPS) is 20.8. The van der Waals surface area contributed by atoms with E-state index in [-0.39, 0.29) is 18.9 Å². The van der Waals surface area contributed by atoms with Crippen LogP contribution in [0.3, 0.4) is 0 Å². The number of nitrogens with one attached hydrogen (secondary N) is 1. The van der Waals surface area contributed by atoms with Crippen LogP contribution >= 0.6 is 0 Å². The second kappa shape index (κ2) is 13.2. The van der Waals surface area contributed by atoms with Gasteiger partial charge in [-0.05, 0) is 67.1 Å². The molecule has 0 radical (unpaired) electrons. The maximum Gasteiger partial charge on any atom is 0.407 e. The number of carbonyl (C=O) groups is 2. The molecule has 1 aliphatic carbocycles. The van der Waals surface area contributed by atoms with Crippen LogP contribution in [0.2, 0.25) is 0 Å². The number of ether oxygens (including phenoxy) is 3. The van der Waals surface area contributed by atoms with E-state index in [1.165, 1.54) is 0 Å². The van der Waals surface area contributed by atoms with E-state index in [0.717, 1.165) is 59.7 Å². The quantitative estimate of drug-likeness (QED) is 0.353. The molecule has 2 heterocycles. The molecule has 0 unspecified atom stereocenters. The number of anilines is 1. The van der Waals surface area contributed by atoms with Crippen LogP contribution in [-0.4, -0.2) is 85.4 Å². The zero-order valence-electron chi connectivity index (χ0n) is 26.3. The number of hydrogen-bond donors (Lipinski definition) is 2. The monoisotopic (exact) mass is 613 g/mol. The van der Waals surface area contributed by atoms with Gasteiger partial charge in [-0.25, -0.2) is 9.59 Å². The highest BCUT2D eigenvalue weighted by atomic mass is 16.6. The predicted octanol–water partition coefficient (Wildman–Crippen LogP) is 4.71. The van der Waals surface area contributed by atoms with Crippen molar-refractivity contribution in [3.63, 3.8) is 0 Å². The summed E-state index contributed by atoms with van der Waals surface area (Å²) in [6.45, 7) is 9.20. The Hall–Kier alpha value is -3.92. The first kappa shape index (κ1) is 31.1. The number of nitrogens with zero attached hydrogens (tertiary/aromatic N) is 2. The highest BCUT2D eigenvalue weighted by molar-refractivity contribution is 5.82. The summed E-state index contributed by atoms with van der Waals surface area (Å²) in [5, 5.41) is 13.7. The van der Waals surface area contributed by atoms with Crippen LogP contribution in [0.5, 0.6) is 0 Å². The molecule has 0 saturated carbocycles. The summed E-state index contributed by atoms with van der Waals surface area (Å²) in [6.07, 6.45) is -0.0465. The number of β-amino-alcohol motifs (C(OH)–C–C–N with tert-alkyl or cyclic N) is 1. The van der Waals surface area contributed by atoms with Gasteiger partial charge >= 0.3 is 12.1 Å². The summed E-state index contributed by atoms with van der Waals surface area (Å²) in [6, 6.07) is 23.5. The smallest absolute Gasteiger partial charge is 0.407 e. The third-order valence-electron chi connectivity index (χ3n) is 8.84. The summed E-state index contributed by atoms with van der Waals surface area (Å²) in [5.41, 5.74) is 5.58. The Balaban J connectivity index is 1.10. The second-order valence-electron chi connectivity index (χ2n) is 13.1. The number of hydrogen-bond acceptors (Lipinski definition) is 8. The van der Waals surface area contributed by atoms with Crippen molar-refractivity contribution in [1.29, 1.82) is 0 Å².